The first-order valence-electron chi connectivity index (χ1n) is 7.65. The van der Waals surface area contributed by atoms with E-state index in [0.717, 1.165) is 19.3 Å². The summed E-state index contributed by atoms with van der Waals surface area (Å²) in [5.74, 6) is -0.437. The van der Waals surface area contributed by atoms with Crippen LogP contribution in [0.2, 0.25) is 0 Å². The molecule has 1 aromatic carbocycles. The van der Waals surface area contributed by atoms with Gasteiger partial charge in [-0.15, -0.1) is 0 Å². The molecular weight excluding hydrogens is 300 g/mol. The number of ether oxygens (including phenoxy) is 3. The van der Waals surface area contributed by atoms with E-state index in [9.17, 15) is 9.59 Å². The Morgan fingerprint density at radius 2 is 1.83 bits per heavy atom. The van der Waals surface area contributed by atoms with E-state index in [4.69, 9.17) is 19.3 Å². The molecule has 0 radical (unpaired) electrons. The minimum Gasteiger partial charge on any atom is -0.493 e. The summed E-state index contributed by atoms with van der Waals surface area (Å²) in [6.45, 7) is 2.04. The van der Waals surface area contributed by atoms with E-state index in [2.05, 4.69) is 0 Å². The fraction of sp³-hybridized carbons (Fsp3) is 0.529. The fourth-order valence-corrected chi connectivity index (χ4v) is 2.18. The Balaban J connectivity index is 2.88. The van der Waals surface area contributed by atoms with Crippen LogP contribution in [-0.4, -0.2) is 31.3 Å². The minimum absolute atomic E-state index is 0.289. The molecule has 6 nitrogen and oxygen atoms in total. The maximum absolute atomic E-state index is 11.9. The van der Waals surface area contributed by atoms with E-state index in [1.165, 1.54) is 14.2 Å². The maximum Gasteiger partial charge on any atom is 0.307 e. The lowest BCUT2D eigenvalue weighted by Gasteiger charge is -2.18. The molecule has 0 aliphatic rings. The van der Waals surface area contributed by atoms with Crippen molar-refractivity contribution in [1.82, 2.24) is 0 Å². The maximum atomic E-state index is 11.9. The number of rotatable bonds is 10. The van der Waals surface area contributed by atoms with Crippen LogP contribution in [0.4, 0.5) is 0 Å². The first kappa shape index (κ1) is 18.8. The molecule has 0 saturated carbocycles. The predicted molar refractivity (Wildman–Crippen MR) is 84.8 cm³/mol. The molecule has 0 heterocycles. The zero-order valence-corrected chi connectivity index (χ0v) is 13.8. The highest BCUT2D eigenvalue weighted by atomic mass is 16.5. The molecule has 1 rings (SSSR count). The van der Waals surface area contributed by atoms with Crippen LogP contribution in [-0.2, 0) is 14.3 Å². The number of hydrogen-bond donors (Lipinski definition) is 1. The van der Waals surface area contributed by atoms with Crippen LogP contribution in [0.5, 0.6) is 11.5 Å². The topological polar surface area (TPSA) is 82.1 Å². The average molecular weight is 324 g/mol. The lowest BCUT2D eigenvalue weighted by Crippen LogP contribution is -2.15. The highest BCUT2D eigenvalue weighted by Crippen LogP contribution is 2.32. The average Bonchev–Trinajstić information content (AvgIpc) is 2.53. The normalized spacial score (nSPS) is 11.6. The summed E-state index contributed by atoms with van der Waals surface area (Å²) in [6, 6.07) is 4.97. The molecule has 0 saturated heterocycles. The Labute approximate surface area is 136 Å². The quantitative estimate of drug-likeness (QED) is 0.525. The SMILES string of the molecule is CCCCCC(=O)OC(CC(=O)O)c1ccc(OC)c(OC)c1. The second-order valence-corrected chi connectivity index (χ2v) is 5.15. The number of hydrogen-bond acceptors (Lipinski definition) is 5. The summed E-state index contributed by atoms with van der Waals surface area (Å²) in [5.41, 5.74) is 0.564. The third kappa shape index (κ3) is 6.18. The molecule has 0 fully saturated rings. The first-order chi connectivity index (χ1) is 11.0. The monoisotopic (exact) mass is 324 g/mol. The molecule has 6 heteroatoms. The summed E-state index contributed by atoms with van der Waals surface area (Å²) in [6.07, 6.45) is 1.82. The number of aliphatic carboxylic acids is 1. The van der Waals surface area contributed by atoms with Gasteiger partial charge in [0.25, 0.3) is 0 Å². The third-order valence-electron chi connectivity index (χ3n) is 3.40. The zero-order chi connectivity index (χ0) is 17.2. The van der Waals surface area contributed by atoms with Gasteiger partial charge in [-0.3, -0.25) is 9.59 Å². The Bertz CT molecular complexity index is 526. The van der Waals surface area contributed by atoms with Crippen molar-refractivity contribution in [3.05, 3.63) is 23.8 Å². The van der Waals surface area contributed by atoms with E-state index in [1.54, 1.807) is 18.2 Å². The van der Waals surface area contributed by atoms with Gasteiger partial charge in [-0.05, 0) is 24.1 Å². The van der Waals surface area contributed by atoms with Gasteiger partial charge in [-0.25, -0.2) is 0 Å². The molecule has 128 valence electrons. The molecule has 1 unspecified atom stereocenters. The van der Waals surface area contributed by atoms with Crippen LogP contribution in [0.1, 0.15) is 50.7 Å². The molecule has 0 bridgehead atoms. The van der Waals surface area contributed by atoms with Crippen LogP contribution in [0.25, 0.3) is 0 Å². The van der Waals surface area contributed by atoms with Crippen LogP contribution < -0.4 is 9.47 Å². The summed E-state index contributed by atoms with van der Waals surface area (Å²) in [4.78, 5) is 22.9. The zero-order valence-electron chi connectivity index (χ0n) is 13.8. The number of methoxy groups -OCH3 is 2. The highest BCUT2D eigenvalue weighted by Gasteiger charge is 2.21. The van der Waals surface area contributed by atoms with Crippen molar-refractivity contribution in [3.8, 4) is 11.5 Å². The Hall–Kier alpha value is -2.24. The van der Waals surface area contributed by atoms with Crippen molar-refractivity contribution in [3.63, 3.8) is 0 Å². The van der Waals surface area contributed by atoms with Crippen LogP contribution in [0, 0.1) is 0 Å². The van der Waals surface area contributed by atoms with Crippen molar-refractivity contribution < 1.29 is 28.9 Å². The Morgan fingerprint density at radius 3 is 2.39 bits per heavy atom. The van der Waals surface area contributed by atoms with Crippen molar-refractivity contribution in [2.24, 2.45) is 0 Å². The molecule has 0 aliphatic carbocycles. The summed E-state index contributed by atoms with van der Waals surface area (Å²) >= 11 is 0. The van der Waals surface area contributed by atoms with Crippen molar-refractivity contribution >= 4 is 11.9 Å². The first-order valence-corrected chi connectivity index (χ1v) is 7.65. The van der Waals surface area contributed by atoms with Crippen molar-refractivity contribution in [2.75, 3.05) is 14.2 Å². The molecule has 23 heavy (non-hydrogen) atoms. The molecule has 1 N–H and O–H groups in total. The van der Waals surface area contributed by atoms with Gasteiger partial charge in [0.1, 0.15) is 6.10 Å². The highest BCUT2D eigenvalue weighted by molar-refractivity contribution is 5.72. The van der Waals surface area contributed by atoms with Gasteiger partial charge in [0, 0.05) is 6.42 Å². The number of carbonyl (C=O) groups excluding carboxylic acids is 1. The number of unbranched alkanes of at least 4 members (excludes halogenated alkanes) is 2. The van der Waals surface area contributed by atoms with E-state index in [1.807, 2.05) is 6.92 Å². The van der Waals surface area contributed by atoms with Gasteiger partial charge >= 0.3 is 11.9 Å². The lowest BCUT2D eigenvalue weighted by molar-refractivity contribution is -0.153. The Morgan fingerprint density at radius 1 is 1.13 bits per heavy atom. The largest absolute Gasteiger partial charge is 0.493 e. The van der Waals surface area contributed by atoms with Gasteiger partial charge in [-0.2, -0.15) is 0 Å². The number of benzene rings is 1. The molecular formula is C17H24O6. The van der Waals surface area contributed by atoms with Gasteiger partial charge in [-0.1, -0.05) is 25.8 Å². The van der Waals surface area contributed by atoms with Crippen molar-refractivity contribution in [1.29, 1.82) is 0 Å². The van der Waals surface area contributed by atoms with Crippen LogP contribution >= 0.6 is 0 Å². The van der Waals surface area contributed by atoms with Gasteiger partial charge < -0.3 is 19.3 Å². The van der Waals surface area contributed by atoms with E-state index >= 15 is 0 Å². The van der Waals surface area contributed by atoms with Gasteiger partial charge in [0.05, 0.1) is 20.6 Å². The van der Waals surface area contributed by atoms with Crippen molar-refractivity contribution in [2.45, 2.75) is 45.1 Å². The predicted octanol–water partition coefficient (Wildman–Crippen LogP) is 3.34. The van der Waals surface area contributed by atoms with E-state index < -0.39 is 12.1 Å². The summed E-state index contributed by atoms with van der Waals surface area (Å²) in [7, 11) is 3.00. The van der Waals surface area contributed by atoms with Crippen LogP contribution in [0.3, 0.4) is 0 Å². The molecule has 0 amide bonds. The molecule has 0 aliphatic heterocycles. The minimum atomic E-state index is -1.04. The molecule has 0 aromatic heterocycles. The standard InChI is InChI=1S/C17H24O6/c1-4-5-6-7-17(20)23-14(11-16(18)19)12-8-9-13(21-2)15(10-12)22-3/h8-10,14H,4-7,11H2,1-3H3,(H,18,19). The van der Waals surface area contributed by atoms with Crippen LogP contribution in [0.15, 0.2) is 18.2 Å². The summed E-state index contributed by atoms with van der Waals surface area (Å²) < 4.78 is 15.7. The second kappa shape index (κ2) is 9.71. The van der Waals surface area contributed by atoms with Gasteiger partial charge in [0.2, 0.25) is 0 Å². The second-order valence-electron chi connectivity index (χ2n) is 5.15. The number of carboxylic acid groups (broad SMARTS) is 1. The molecule has 1 aromatic rings. The van der Waals surface area contributed by atoms with E-state index in [-0.39, 0.29) is 18.8 Å². The number of esters is 1. The Kier molecular flexibility index (Phi) is 7.94. The van der Waals surface area contributed by atoms with Gasteiger partial charge in [0.15, 0.2) is 11.5 Å². The summed E-state index contributed by atoms with van der Waals surface area (Å²) in [5, 5.41) is 9.05. The number of carboxylic acids is 1. The molecule has 1 atom stereocenters. The lowest BCUT2D eigenvalue weighted by atomic mass is 10.1. The number of carbonyl (C=O) groups is 2. The third-order valence-corrected chi connectivity index (χ3v) is 3.40. The molecule has 0 spiro atoms. The smallest absolute Gasteiger partial charge is 0.307 e. The van der Waals surface area contributed by atoms with E-state index in [0.29, 0.717) is 17.1 Å². The fourth-order valence-electron chi connectivity index (χ4n) is 2.18.